The van der Waals surface area contributed by atoms with Crippen LogP contribution in [0.5, 0.6) is 5.75 Å². The molecule has 0 fully saturated rings. The Bertz CT molecular complexity index is 1290. The molecule has 0 aliphatic rings. The van der Waals surface area contributed by atoms with Crippen LogP contribution >= 0.6 is 0 Å². The van der Waals surface area contributed by atoms with E-state index < -0.39 is 11.6 Å². The summed E-state index contributed by atoms with van der Waals surface area (Å²) in [5.74, 6) is -0.365. The number of halogens is 2. The molecule has 1 N–H and O–H groups in total. The van der Waals surface area contributed by atoms with Crippen molar-refractivity contribution < 1.29 is 13.5 Å². The van der Waals surface area contributed by atoms with Crippen molar-refractivity contribution >= 4 is 16.7 Å². The van der Waals surface area contributed by atoms with Crippen molar-refractivity contribution in [3.63, 3.8) is 0 Å². The Hall–Kier alpha value is -3.87. The van der Waals surface area contributed by atoms with Crippen LogP contribution in [-0.2, 0) is 0 Å². The number of hydrogen-bond donors (Lipinski definition) is 1. The minimum Gasteiger partial charge on any atom is -0.491 e. The maximum Gasteiger partial charge on any atom is 0.166 e. The fraction of sp³-hybridized carbons (Fsp3) is 0.160. The SMILES string of the molecule is C=C(C)CCOc1cc(-c2cccc(F)c2F)cc2c(NC)nc(-c3cccnc3)nc12. The molecule has 0 saturated carbocycles. The normalized spacial score (nSPS) is 10.9. The van der Waals surface area contributed by atoms with E-state index in [0.29, 0.717) is 46.9 Å². The van der Waals surface area contributed by atoms with Gasteiger partial charge in [0.15, 0.2) is 17.5 Å². The van der Waals surface area contributed by atoms with Crippen molar-refractivity contribution in [1.29, 1.82) is 0 Å². The van der Waals surface area contributed by atoms with E-state index in [4.69, 9.17) is 9.72 Å². The molecule has 32 heavy (non-hydrogen) atoms. The molecule has 2 aromatic carbocycles. The lowest BCUT2D eigenvalue weighted by Crippen LogP contribution is -2.04. The molecule has 5 nitrogen and oxygen atoms in total. The highest BCUT2D eigenvalue weighted by molar-refractivity contribution is 5.97. The molecule has 0 aliphatic carbocycles. The predicted molar refractivity (Wildman–Crippen MR) is 123 cm³/mol. The third-order valence-corrected chi connectivity index (χ3v) is 4.97. The molecule has 0 amide bonds. The Morgan fingerprint density at radius 3 is 2.66 bits per heavy atom. The maximum atomic E-state index is 14.6. The van der Waals surface area contributed by atoms with E-state index in [9.17, 15) is 8.78 Å². The van der Waals surface area contributed by atoms with Crippen molar-refractivity contribution in [2.45, 2.75) is 13.3 Å². The summed E-state index contributed by atoms with van der Waals surface area (Å²) in [6, 6.07) is 11.2. The molecular formula is C25H22F2N4O. The molecule has 7 heteroatoms. The van der Waals surface area contributed by atoms with Crippen molar-refractivity contribution in [2.24, 2.45) is 0 Å². The largest absolute Gasteiger partial charge is 0.491 e. The maximum absolute atomic E-state index is 14.6. The lowest BCUT2D eigenvalue weighted by Gasteiger charge is -2.15. The molecule has 2 heterocycles. The zero-order valence-corrected chi connectivity index (χ0v) is 17.8. The summed E-state index contributed by atoms with van der Waals surface area (Å²) in [6.07, 6.45) is 4.01. The molecule has 0 atom stereocenters. The molecule has 0 bridgehead atoms. The number of benzene rings is 2. The van der Waals surface area contributed by atoms with E-state index in [1.807, 2.05) is 19.1 Å². The Balaban J connectivity index is 1.94. The Morgan fingerprint density at radius 2 is 1.94 bits per heavy atom. The average Bonchev–Trinajstić information content (AvgIpc) is 2.80. The minimum absolute atomic E-state index is 0.134. The van der Waals surface area contributed by atoms with Crippen LogP contribution in [0.2, 0.25) is 0 Å². The van der Waals surface area contributed by atoms with Gasteiger partial charge in [-0.1, -0.05) is 17.7 Å². The van der Waals surface area contributed by atoms with Crippen molar-refractivity contribution in [3.8, 4) is 28.3 Å². The molecule has 0 spiro atoms. The number of pyridine rings is 1. The zero-order valence-electron chi connectivity index (χ0n) is 17.8. The van der Waals surface area contributed by atoms with E-state index in [0.717, 1.165) is 17.2 Å². The molecule has 2 aromatic heterocycles. The van der Waals surface area contributed by atoms with Crippen molar-refractivity contribution in [2.75, 3.05) is 19.0 Å². The monoisotopic (exact) mass is 432 g/mol. The van der Waals surface area contributed by atoms with E-state index in [2.05, 4.69) is 21.9 Å². The van der Waals surface area contributed by atoms with Crippen LogP contribution in [0.3, 0.4) is 0 Å². The number of nitrogens with one attached hydrogen (secondary N) is 1. The molecule has 0 aliphatic heterocycles. The van der Waals surface area contributed by atoms with E-state index >= 15 is 0 Å². The number of fused-ring (bicyclic) bond motifs is 1. The summed E-state index contributed by atoms with van der Waals surface area (Å²) in [5, 5.41) is 3.71. The van der Waals surface area contributed by atoms with Crippen LogP contribution in [0.1, 0.15) is 13.3 Å². The highest BCUT2D eigenvalue weighted by atomic mass is 19.2. The second-order valence-electron chi connectivity index (χ2n) is 7.42. The number of hydrogen-bond acceptors (Lipinski definition) is 5. The second kappa shape index (κ2) is 9.09. The number of ether oxygens (including phenoxy) is 1. The predicted octanol–water partition coefficient (Wildman–Crippen LogP) is 6.02. The topological polar surface area (TPSA) is 59.9 Å². The van der Waals surface area contributed by atoms with Gasteiger partial charge >= 0.3 is 0 Å². The van der Waals surface area contributed by atoms with E-state index in [-0.39, 0.29) is 5.56 Å². The van der Waals surface area contributed by atoms with Crippen LogP contribution < -0.4 is 10.1 Å². The zero-order chi connectivity index (χ0) is 22.7. The summed E-state index contributed by atoms with van der Waals surface area (Å²) < 4.78 is 34.5. The smallest absolute Gasteiger partial charge is 0.166 e. The first kappa shape index (κ1) is 21.4. The summed E-state index contributed by atoms with van der Waals surface area (Å²) in [6.45, 7) is 6.20. The fourth-order valence-electron chi connectivity index (χ4n) is 3.34. The van der Waals surface area contributed by atoms with Gasteiger partial charge < -0.3 is 10.1 Å². The van der Waals surface area contributed by atoms with Gasteiger partial charge in [-0.25, -0.2) is 18.7 Å². The Labute approximate surface area is 184 Å². The number of rotatable bonds is 7. The highest BCUT2D eigenvalue weighted by Gasteiger charge is 2.18. The van der Waals surface area contributed by atoms with Gasteiger partial charge in [0.05, 0.1) is 6.61 Å². The highest BCUT2D eigenvalue weighted by Crippen LogP contribution is 2.37. The van der Waals surface area contributed by atoms with Gasteiger partial charge in [-0.2, -0.15) is 0 Å². The number of anilines is 1. The Kier molecular flexibility index (Phi) is 6.07. The van der Waals surface area contributed by atoms with Crippen molar-refractivity contribution in [3.05, 3.63) is 78.6 Å². The molecule has 4 rings (SSSR count). The summed E-state index contributed by atoms with van der Waals surface area (Å²) in [5.41, 5.74) is 2.89. The van der Waals surface area contributed by atoms with Crippen LogP contribution in [0.4, 0.5) is 14.6 Å². The summed E-state index contributed by atoms with van der Waals surface area (Å²) >= 11 is 0. The van der Waals surface area contributed by atoms with Gasteiger partial charge in [-0.3, -0.25) is 4.98 Å². The Morgan fingerprint density at radius 1 is 1.09 bits per heavy atom. The van der Waals surface area contributed by atoms with Gasteiger partial charge in [0.25, 0.3) is 0 Å². The van der Waals surface area contributed by atoms with Crippen molar-refractivity contribution in [1.82, 2.24) is 15.0 Å². The summed E-state index contributed by atoms with van der Waals surface area (Å²) in [7, 11) is 1.74. The van der Waals surface area contributed by atoms with Crippen LogP contribution in [0.15, 0.2) is 67.0 Å². The van der Waals surface area contributed by atoms with Gasteiger partial charge in [0, 0.05) is 42.4 Å². The van der Waals surface area contributed by atoms with Gasteiger partial charge in [0.2, 0.25) is 0 Å². The van der Waals surface area contributed by atoms with Crippen LogP contribution in [-0.4, -0.2) is 28.6 Å². The van der Waals surface area contributed by atoms with Crippen LogP contribution in [0, 0.1) is 11.6 Å². The number of aromatic nitrogens is 3. The molecule has 0 unspecified atom stereocenters. The molecule has 162 valence electrons. The lowest BCUT2D eigenvalue weighted by atomic mass is 10.0. The number of nitrogens with zero attached hydrogens (tertiary/aromatic N) is 3. The first-order chi connectivity index (χ1) is 15.5. The third kappa shape index (κ3) is 4.27. The fourth-order valence-corrected chi connectivity index (χ4v) is 3.34. The minimum atomic E-state index is -0.918. The first-order valence-corrected chi connectivity index (χ1v) is 10.1. The first-order valence-electron chi connectivity index (χ1n) is 10.1. The molecule has 0 radical (unpaired) electrons. The van der Waals surface area contributed by atoms with Gasteiger partial charge in [-0.05, 0) is 42.8 Å². The van der Waals surface area contributed by atoms with Gasteiger partial charge in [0.1, 0.15) is 17.1 Å². The lowest BCUT2D eigenvalue weighted by molar-refractivity contribution is 0.325. The summed E-state index contributed by atoms with van der Waals surface area (Å²) in [4.78, 5) is 13.5. The quantitative estimate of drug-likeness (QED) is 0.362. The van der Waals surface area contributed by atoms with Gasteiger partial charge in [-0.15, -0.1) is 6.58 Å². The third-order valence-electron chi connectivity index (χ3n) is 4.97. The molecule has 0 saturated heterocycles. The molecular weight excluding hydrogens is 410 g/mol. The van der Waals surface area contributed by atoms with E-state index in [1.54, 1.807) is 31.6 Å². The van der Waals surface area contributed by atoms with E-state index in [1.165, 1.54) is 12.1 Å². The average molecular weight is 432 g/mol. The standard InChI is InChI=1S/C25H22F2N4O/c1-15(2)9-11-32-21-13-17(18-7-4-8-20(26)22(18)27)12-19-23(21)30-24(31-25(19)28-3)16-6-5-10-29-14-16/h4-8,10,12-14H,1,9,11H2,2-3H3,(H,28,30,31). The van der Waals surface area contributed by atoms with Crippen LogP contribution in [0.25, 0.3) is 33.4 Å². The molecule has 4 aromatic rings. The second-order valence-corrected chi connectivity index (χ2v) is 7.42.